The monoisotopic (exact) mass is 385 g/mol. The summed E-state index contributed by atoms with van der Waals surface area (Å²) in [7, 11) is 4.07. The van der Waals surface area contributed by atoms with Gasteiger partial charge >= 0.3 is 0 Å². The van der Waals surface area contributed by atoms with E-state index in [-0.39, 0.29) is 17.0 Å². The predicted octanol–water partition coefficient (Wildman–Crippen LogP) is 1.17. The van der Waals surface area contributed by atoms with Gasteiger partial charge in [0.1, 0.15) is 17.4 Å². The van der Waals surface area contributed by atoms with Crippen LogP contribution in [0.1, 0.15) is 22.7 Å². The van der Waals surface area contributed by atoms with Gasteiger partial charge in [-0.05, 0) is 24.6 Å². The Morgan fingerprint density at radius 3 is 2.74 bits per heavy atom. The number of pyridine rings is 1. The molecule has 0 bridgehead atoms. The second-order valence-corrected chi connectivity index (χ2v) is 7.39. The number of aromatic nitrogens is 1. The van der Waals surface area contributed by atoms with E-state index in [2.05, 4.69) is 6.07 Å². The summed E-state index contributed by atoms with van der Waals surface area (Å²) >= 11 is 6.15. The molecule has 0 spiro atoms. The van der Waals surface area contributed by atoms with Crippen molar-refractivity contribution in [2.75, 3.05) is 20.6 Å². The number of halogens is 1. The van der Waals surface area contributed by atoms with Crippen molar-refractivity contribution in [1.82, 2.24) is 4.57 Å². The Morgan fingerprint density at radius 2 is 2.11 bits per heavy atom. The van der Waals surface area contributed by atoms with Gasteiger partial charge in [-0.3, -0.25) is 4.79 Å². The van der Waals surface area contributed by atoms with Gasteiger partial charge in [-0.15, -0.1) is 0 Å². The van der Waals surface area contributed by atoms with Gasteiger partial charge < -0.3 is 19.9 Å². The van der Waals surface area contributed by atoms with Crippen LogP contribution in [0.3, 0.4) is 0 Å². The Hall–Kier alpha value is -2.75. The minimum Gasteiger partial charge on any atom is -0.440 e. The van der Waals surface area contributed by atoms with Crippen LogP contribution in [0.4, 0.5) is 0 Å². The standard InChI is InChI=1S/C20H21ClN4O2/c1-12-9-16-18(20(26)25(12)8-7-24(2)3)17(15(11-22)19(23)27-16)13-5-4-6-14(21)10-13/h4-6,9-10,17H,7-8,23H2,1-3H3/p+1/t17-/m1/s1. The summed E-state index contributed by atoms with van der Waals surface area (Å²) < 4.78 is 7.37. The molecule has 6 nitrogen and oxygen atoms in total. The molecule has 2 heterocycles. The fourth-order valence-electron chi connectivity index (χ4n) is 3.32. The van der Waals surface area contributed by atoms with E-state index in [1.54, 1.807) is 28.8 Å². The number of benzene rings is 1. The minimum atomic E-state index is -0.608. The normalized spacial score (nSPS) is 16.1. The van der Waals surface area contributed by atoms with E-state index >= 15 is 0 Å². The van der Waals surface area contributed by atoms with Crippen LogP contribution in [0.15, 0.2) is 46.6 Å². The second kappa shape index (κ2) is 7.47. The number of nitriles is 1. The van der Waals surface area contributed by atoms with Crippen molar-refractivity contribution in [1.29, 1.82) is 5.26 Å². The maximum Gasteiger partial charge on any atom is 0.258 e. The summed E-state index contributed by atoms with van der Waals surface area (Å²) in [6, 6.07) is 11.0. The average Bonchev–Trinajstić information content (AvgIpc) is 2.60. The number of nitrogens with two attached hydrogens (primary N) is 1. The first-order valence-corrected chi connectivity index (χ1v) is 9.07. The van der Waals surface area contributed by atoms with E-state index in [4.69, 9.17) is 22.1 Å². The molecule has 3 rings (SSSR count). The topological polar surface area (TPSA) is 85.5 Å². The van der Waals surface area contributed by atoms with Gasteiger partial charge in [0.25, 0.3) is 5.56 Å². The number of rotatable bonds is 4. The van der Waals surface area contributed by atoms with Crippen molar-refractivity contribution < 1.29 is 9.64 Å². The Kier molecular flexibility index (Phi) is 5.26. The summed E-state index contributed by atoms with van der Waals surface area (Å²) in [4.78, 5) is 14.6. The molecule has 27 heavy (non-hydrogen) atoms. The molecule has 3 N–H and O–H groups in total. The summed E-state index contributed by atoms with van der Waals surface area (Å²) in [5, 5.41) is 10.2. The zero-order chi connectivity index (χ0) is 19.7. The van der Waals surface area contributed by atoms with Crippen LogP contribution in [0, 0.1) is 18.3 Å². The summed E-state index contributed by atoms with van der Waals surface area (Å²) in [6.45, 7) is 3.24. The van der Waals surface area contributed by atoms with Gasteiger partial charge in [0, 0.05) is 16.8 Å². The van der Waals surface area contributed by atoms with Gasteiger partial charge in [0.05, 0.1) is 38.7 Å². The highest BCUT2D eigenvalue weighted by atomic mass is 35.5. The van der Waals surface area contributed by atoms with Crippen molar-refractivity contribution in [2.45, 2.75) is 19.4 Å². The van der Waals surface area contributed by atoms with E-state index in [0.29, 0.717) is 22.9 Å². The molecule has 2 aromatic rings. The fraction of sp³-hybridized carbons (Fsp3) is 0.300. The van der Waals surface area contributed by atoms with E-state index in [1.165, 1.54) is 4.90 Å². The van der Waals surface area contributed by atoms with Crippen LogP contribution in [-0.4, -0.2) is 25.2 Å². The second-order valence-electron chi connectivity index (χ2n) is 6.96. The Morgan fingerprint density at radius 1 is 1.37 bits per heavy atom. The zero-order valence-electron chi connectivity index (χ0n) is 15.5. The van der Waals surface area contributed by atoms with E-state index in [1.807, 2.05) is 27.1 Å². The van der Waals surface area contributed by atoms with Crippen molar-refractivity contribution in [3.8, 4) is 11.8 Å². The molecule has 1 aliphatic heterocycles. The van der Waals surface area contributed by atoms with Crippen molar-refractivity contribution in [2.24, 2.45) is 5.73 Å². The number of quaternary nitrogens is 1. The smallest absolute Gasteiger partial charge is 0.258 e. The lowest BCUT2D eigenvalue weighted by Gasteiger charge is -2.27. The molecule has 1 aliphatic rings. The van der Waals surface area contributed by atoms with Crippen LogP contribution in [0.2, 0.25) is 5.02 Å². The molecule has 1 aromatic heterocycles. The third-order valence-electron chi connectivity index (χ3n) is 4.71. The number of allylic oxidation sites excluding steroid dienone is 1. The maximum absolute atomic E-state index is 13.4. The molecule has 0 saturated carbocycles. The number of hydrogen-bond donors (Lipinski definition) is 2. The lowest BCUT2D eigenvalue weighted by molar-refractivity contribution is -0.858. The number of likely N-dealkylation sites (N-methyl/N-ethyl adjacent to an activating group) is 1. The van der Waals surface area contributed by atoms with Crippen LogP contribution >= 0.6 is 11.6 Å². The molecule has 0 amide bonds. The summed E-state index contributed by atoms with van der Waals surface area (Å²) in [5.41, 5.74) is 7.99. The predicted molar refractivity (Wildman–Crippen MR) is 104 cm³/mol. The van der Waals surface area contributed by atoms with Crippen molar-refractivity contribution in [3.05, 3.63) is 74.0 Å². The van der Waals surface area contributed by atoms with Crippen LogP contribution < -0.4 is 20.9 Å². The first-order valence-electron chi connectivity index (χ1n) is 8.70. The van der Waals surface area contributed by atoms with Crippen LogP contribution in [-0.2, 0) is 6.54 Å². The molecule has 0 aliphatic carbocycles. The van der Waals surface area contributed by atoms with Gasteiger partial charge in [-0.2, -0.15) is 5.26 Å². The molecule has 1 aromatic carbocycles. The number of aryl methyl sites for hydroxylation is 1. The third kappa shape index (κ3) is 3.57. The first kappa shape index (κ1) is 19.0. The lowest BCUT2D eigenvalue weighted by Crippen LogP contribution is -3.06. The van der Waals surface area contributed by atoms with Crippen LogP contribution in [0.25, 0.3) is 0 Å². The molecule has 7 heteroatoms. The van der Waals surface area contributed by atoms with Gasteiger partial charge in [0.15, 0.2) is 0 Å². The quantitative estimate of drug-likeness (QED) is 0.827. The Balaban J connectivity index is 2.24. The molecule has 1 atom stereocenters. The molecule has 0 radical (unpaired) electrons. The maximum atomic E-state index is 13.4. The SMILES string of the molecule is Cc1cc2c(c(=O)n1CC[NH+](C)C)[C@H](c1cccc(Cl)c1)C(C#N)=C(N)O2. The molecule has 140 valence electrons. The highest BCUT2D eigenvalue weighted by molar-refractivity contribution is 6.30. The van der Waals surface area contributed by atoms with Crippen molar-refractivity contribution in [3.63, 3.8) is 0 Å². The number of fused-ring (bicyclic) bond motifs is 1. The first-order chi connectivity index (χ1) is 12.8. The number of ether oxygens (including phenoxy) is 1. The average molecular weight is 386 g/mol. The van der Waals surface area contributed by atoms with Gasteiger partial charge in [-0.1, -0.05) is 23.7 Å². The minimum absolute atomic E-state index is 0.0178. The highest BCUT2D eigenvalue weighted by Gasteiger charge is 2.34. The largest absolute Gasteiger partial charge is 0.440 e. The molecule has 0 fully saturated rings. The van der Waals surface area contributed by atoms with Gasteiger partial charge in [0.2, 0.25) is 5.88 Å². The summed E-state index contributed by atoms with van der Waals surface area (Å²) in [6.07, 6.45) is 0. The Bertz CT molecular complexity index is 1020. The van der Waals surface area contributed by atoms with E-state index in [9.17, 15) is 10.1 Å². The third-order valence-corrected chi connectivity index (χ3v) is 4.94. The van der Waals surface area contributed by atoms with E-state index < -0.39 is 5.92 Å². The number of nitrogens with one attached hydrogen (secondary N) is 1. The zero-order valence-corrected chi connectivity index (χ0v) is 16.3. The van der Waals surface area contributed by atoms with Crippen LogP contribution in [0.5, 0.6) is 5.75 Å². The number of hydrogen-bond acceptors (Lipinski definition) is 4. The van der Waals surface area contributed by atoms with Gasteiger partial charge in [-0.25, -0.2) is 0 Å². The summed E-state index contributed by atoms with van der Waals surface area (Å²) in [5.74, 6) is -0.194. The molecule has 0 saturated heterocycles. The fourth-order valence-corrected chi connectivity index (χ4v) is 3.52. The van der Waals surface area contributed by atoms with E-state index in [0.717, 1.165) is 17.8 Å². The highest BCUT2D eigenvalue weighted by Crippen LogP contribution is 2.40. The molecular weight excluding hydrogens is 364 g/mol. The van der Waals surface area contributed by atoms with Crippen molar-refractivity contribution >= 4 is 11.6 Å². The Labute approximate surface area is 163 Å². The molecular formula is C20H22ClN4O2+. The number of nitrogens with zero attached hydrogens (tertiary/aromatic N) is 2. The lowest BCUT2D eigenvalue weighted by atomic mass is 9.84. The molecule has 0 unspecified atom stereocenters.